The summed E-state index contributed by atoms with van der Waals surface area (Å²) in [5.74, 6) is -0.335. The summed E-state index contributed by atoms with van der Waals surface area (Å²) in [4.78, 5) is 12.9. The van der Waals surface area contributed by atoms with E-state index < -0.39 is 0 Å². The zero-order chi connectivity index (χ0) is 15.0. The van der Waals surface area contributed by atoms with Gasteiger partial charge in [0.1, 0.15) is 0 Å². The second-order valence-corrected chi connectivity index (χ2v) is 6.52. The summed E-state index contributed by atoms with van der Waals surface area (Å²) in [5, 5.41) is 0. The molecular weight excluding hydrogens is 350 g/mol. The summed E-state index contributed by atoms with van der Waals surface area (Å²) in [6.07, 6.45) is 2.07. The largest absolute Gasteiger partial charge is 0.419 e. The first-order chi connectivity index (χ1) is 10.1. The third-order valence-corrected chi connectivity index (χ3v) is 5.35. The standard InChI is InChI=1S/C16H14BrNO2S/c1-18-12-8-7-10(9-13(12)20-16(18)19)15(17)11-5-3-4-6-14(11)21-2/h3-9,15H,1-2H3. The number of rotatable bonds is 3. The summed E-state index contributed by atoms with van der Waals surface area (Å²) >= 11 is 5.48. The predicted molar refractivity (Wildman–Crippen MR) is 90.4 cm³/mol. The van der Waals surface area contributed by atoms with Crippen molar-refractivity contribution in [2.75, 3.05) is 6.26 Å². The highest BCUT2D eigenvalue weighted by Crippen LogP contribution is 2.37. The van der Waals surface area contributed by atoms with Crippen LogP contribution in [0.25, 0.3) is 11.1 Å². The topological polar surface area (TPSA) is 35.1 Å². The molecule has 0 amide bonds. The van der Waals surface area contributed by atoms with Gasteiger partial charge in [0.05, 0.1) is 10.3 Å². The molecule has 3 rings (SSSR count). The molecule has 1 atom stereocenters. The minimum absolute atomic E-state index is 0.0658. The molecule has 2 aromatic carbocycles. The summed E-state index contributed by atoms with van der Waals surface area (Å²) in [5.41, 5.74) is 3.70. The van der Waals surface area contributed by atoms with Crippen molar-refractivity contribution in [2.45, 2.75) is 9.72 Å². The number of hydrogen-bond donors (Lipinski definition) is 0. The van der Waals surface area contributed by atoms with Gasteiger partial charge in [0.15, 0.2) is 5.58 Å². The van der Waals surface area contributed by atoms with E-state index in [9.17, 15) is 4.79 Å². The maximum absolute atomic E-state index is 11.6. The van der Waals surface area contributed by atoms with Gasteiger partial charge in [-0.05, 0) is 35.6 Å². The smallest absolute Gasteiger partial charge is 0.408 e. The van der Waals surface area contributed by atoms with Crippen molar-refractivity contribution in [3.8, 4) is 0 Å². The number of hydrogen-bond acceptors (Lipinski definition) is 3. The molecule has 1 aromatic heterocycles. The minimum Gasteiger partial charge on any atom is -0.408 e. The first kappa shape index (κ1) is 14.5. The molecule has 3 aromatic rings. The quantitative estimate of drug-likeness (QED) is 0.512. The fourth-order valence-electron chi connectivity index (χ4n) is 2.36. The van der Waals surface area contributed by atoms with E-state index in [1.165, 1.54) is 15.0 Å². The molecule has 0 bridgehead atoms. The Morgan fingerprint density at radius 1 is 1.24 bits per heavy atom. The lowest BCUT2D eigenvalue weighted by atomic mass is 10.0. The Morgan fingerprint density at radius 3 is 2.76 bits per heavy atom. The maximum Gasteiger partial charge on any atom is 0.419 e. The van der Waals surface area contributed by atoms with Crippen molar-refractivity contribution in [1.82, 2.24) is 4.57 Å². The highest BCUT2D eigenvalue weighted by Gasteiger charge is 2.16. The van der Waals surface area contributed by atoms with Gasteiger partial charge in [-0.2, -0.15) is 0 Å². The van der Waals surface area contributed by atoms with Crippen molar-refractivity contribution in [3.63, 3.8) is 0 Å². The first-order valence-electron chi connectivity index (χ1n) is 6.48. The lowest BCUT2D eigenvalue weighted by molar-refractivity contribution is 0.528. The molecule has 0 aliphatic rings. The van der Waals surface area contributed by atoms with Crippen LogP contribution in [0.2, 0.25) is 0 Å². The molecule has 3 nitrogen and oxygen atoms in total. The van der Waals surface area contributed by atoms with Gasteiger partial charge in [-0.25, -0.2) is 4.79 Å². The SMILES string of the molecule is CSc1ccccc1C(Br)c1ccc2c(c1)oc(=O)n2C. The van der Waals surface area contributed by atoms with E-state index in [-0.39, 0.29) is 10.6 Å². The zero-order valence-electron chi connectivity index (χ0n) is 11.7. The minimum atomic E-state index is -0.335. The summed E-state index contributed by atoms with van der Waals surface area (Å²) < 4.78 is 6.78. The number of oxazole rings is 1. The van der Waals surface area contributed by atoms with Gasteiger partial charge < -0.3 is 4.42 Å². The van der Waals surface area contributed by atoms with Gasteiger partial charge in [0.2, 0.25) is 0 Å². The lowest BCUT2D eigenvalue weighted by Gasteiger charge is -2.14. The molecule has 1 heterocycles. The van der Waals surface area contributed by atoms with Crippen molar-refractivity contribution in [3.05, 3.63) is 64.1 Å². The number of halogens is 1. The zero-order valence-corrected chi connectivity index (χ0v) is 14.1. The van der Waals surface area contributed by atoms with E-state index in [1.807, 2.05) is 30.3 Å². The van der Waals surface area contributed by atoms with Gasteiger partial charge in [-0.15, -0.1) is 11.8 Å². The highest BCUT2D eigenvalue weighted by molar-refractivity contribution is 9.09. The van der Waals surface area contributed by atoms with Crippen LogP contribution in [0.15, 0.2) is 56.6 Å². The number of benzene rings is 2. The Labute approximate surface area is 135 Å². The first-order valence-corrected chi connectivity index (χ1v) is 8.62. The molecule has 0 radical (unpaired) electrons. The van der Waals surface area contributed by atoms with E-state index in [0.717, 1.165) is 11.1 Å². The number of alkyl halides is 1. The van der Waals surface area contributed by atoms with E-state index in [1.54, 1.807) is 18.8 Å². The van der Waals surface area contributed by atoms with Crippen LogP contribution in [-0.2, 0) is 7.05 Å². The van der Waals surface area contributed by atoms with Crippen LogP contribution in [0.3, 0.4) is 0 Å². The van der Waals surface area contributed by atoms with E-state index in [2.05, 4.69) is 34.3 Å². The normalized spacial score (nSPS) is 12.7. The molecule has 0 spiro atoms. The average Bonchev–Trinajstić information content (AvgIpc) is 2.80. The molecule has 0 aliphatic carbocycles. The van der Waals surface area contributed by atoms with E-state index >= 15 is 0 Å². The molecule has 0 saturated heterocycles. The fourth-order valence-corrected chi connectivity index (χ4v) is 3.84. The lowest BCUT2D eigenvalue weighted by Crippen LogP contribution is -2.08. The molecule has 0 aliphatic heterocycles. The van der Waals surface area contributed by atoms with Crippen molar-refractivity contribution >= 4 is 38.8 Å². The van der Waals surface area contributed by atoms with Gasteiger partial charge in [-0.1, -0.05) is 40.2 Å². The summed E-state index contributed by atoms with van der Waals surface area (Å²) in [6, 6.07) is 14.2. The van der Waals surface area contributed by atoms with Gasteiger partial charge in [-0.3, -0.25) is 4.57 Å². The fraction of sp³-hybridized carbons (Fsp3) is 0.188. The Balaban J connectivity index is 2.09. The second kappa shape index (κ2) is 5.73. The van der Waals surface area contributed by atoms with Crippen molar-refractivity contribution in [2.24, 2.45) is 7.05 Å². The van der Waals surface area contributed by atoms with Crippen molar-refractivity contribution in [1.29, 1.82) is 0 Å². The van der Waals surface area contributed by atoms with Crippen LogP contribution in [0, 0.1) is 0 Å². The van der Waals surface area contributed by atoms with Gasteiger partial charge in [0.25, 0.3) is 0 Å². The Bertz CT molecular complexity index is 853. The number of aryl methyl sites for hydroxylation is 1. The molecule has 108 valence electrons. The molecule has 1 unspecified atom stereocenters. The predicted octanol–water partition coefficient (Wildman–Crippen LogP) is 4.34. The van der Waals surface area contributed by atoms with E-state index in [0.29, 0.717) is 5.58 Å². The monoisotopic (exact) mass is 363 g/mol. The Morgan fingerprint density at radius 2 is 2.00 bits per heavy atom. The maximum atomic E-state index is 11.6. The molecule has 0 saturated carbocycles. The molecule has 21 heavy (non-hydrogen) atoms. The molecule has 0 N–H and O–H groups in total. The molecule has 5 heteroatoms. The number of nitrogens with zero attached hydrogens (tertiary/aromatic N) is 1. The molecule has 0 fully saturated rings. The van der Waals surface area contributed by atoms with Gasteiger partial charge >= 0.3 is 5.76 Å². The van der Waals surface area contributed by atoms with Crippen LogP contribution in [0.4, 0.5) is 0 Å². The van der Waals surface area contributed by atoms with Crippen LogP contribution in [0.5, 0.6) is 0 Å². The van der Waals surface area contributed by atoms with Crippen LogP contribution in [0.1, 0.15) is 16.0 Å². The highest BCUT2D eigenvalue weighted by atomic mass is 79.9. The third-order valence-electron chi connectivity index (χ3n) is 3.52. The summed E-state index contributed by atoms with van der Waals surface area (Å²) in [6.45, 7) is 0. The van der Waals surface area contributed by atoms with Crippen LogP contribution in [-0.4, -0.2) is 10.8 Å². The van der Waals surface area contributed by atoms with Crippen LogP contribution >= 0.6 is 27.7 Å². The summed E-state index contributed by atoms with van der Waals surface area (Å²) in [7, 11) is 1.71. The van der Waals surface area contributed by atoms with Crippen LogP contribution < -0.4 is 5.76 Å². The third kappa shape index (κ3) is 2.56. The van der Waals surface area contributed by atoms with Gasteiger partial charge in [0, 0.05) is 11.9 Å². The Hall–Kier alpha value is -1.46. The number of fused-ring (bicyclic) bond motifs is 1. The second-order valence-electron chi connectivity index (χ2n) is 4.76. The number of thioether (sulfide) groups is 1. The number of aromatic nitrogens is 1. The average molecular weight is 364 g/mol. The Kier molecular flexibility index (Phi) is 3.95. The van der Waals surface area contributed by atoms with E-state index in [4.69, 9.17) is 4.42 Å². The molecular formula is C16H14BrNO2S. The van der Waals surface area contributed by atoms with Crippen molar-refractivity contribution < 1.29 is 4.42 Å².